The fourth-order valence-electron chi connectivity index (χ4n) is 10.6. The number of para-hydroxylation sites is 10. The highest BCUT2D eigenvalue weighted by molar-refractivity contribution is 7.01. The number of ether oxygens (including phenoxy) is 6. The van der Waals surface area contributed by atoms with E-state index in [1.54, 1.807) is 0 Å². The Balaban J connectivity index is 0.919. The third-order valence-electron chi connectivity index (χ3n) is 13.2. The number of hydrogen-bond acceptors (Lipinski definition) is 8. The van der Waals surface area contributed by atoms with Crippen LogP contribution in [0.1, 0.15) is 0 Å². The molecule has 0 N–H and O–H groups in total. The molecule has 0 amide bonds. The third-order valence-corrected chi connectivity index (χ3v) is 13.2. The molecule has 0 saturated heterocycles. The second-order valence-corrected chi connectivity index (χ2v) is 16.7. The monoisotopic (exact) mass is 824 g/mol. The Morgan fingerprint density at radius 3 is 0.922 bits per heavy atom. The Morgan fingerprint density at radius 1 is 0.250 bits per heavy atom. The van der Waals surface area contributed by atoms with Crippen molar-refractivity contribution in [1.29, 1.82) is 0 Å². The number of fused-ring (bicyclic) bond motifs is 12. The lowest BCUT2D eigenvalue weighted by molar-refractivity contribution is 0.451. The van der Waals surface area contributed by atoms with Crippen molar-refractivity contribution < 1.29 is 28.4 Å². The summed E-state index contributed by atoms with van der Waals surface area (Å²) in [7, 11) is 0. The van der Waals surface area contributed by atoms with Crippen molar-refractivity contribution in [1.82, 2.24) is 0 Å². The largest absolute Gasteiger partial charge is 0.458 e. The van der Waals surface area contributed by atoms with E-state index < -0.39 is 0 Å². The van der Waals surface area contributed by atoms with Gasteiger partial charge in [0.15, 0.2) is 23.0 Å². The average Bonchev–Trinajstić information content (AvgIpc) is 3.33. The topological polar surface area (TPSA) is 61.9 Å². The maximum atomic E-state index is 7.11. The fraction of sp³-hybridized carbons (Fsp3) is 0. The average molecular weight is 824 g/mol. The Morgan fingerprint density at radius 2 is 0.547 bits per heavy atom. The Kier molecular flexibility index (Phi) is 6.70. The van der Waals surface area contributed by atoms with E-state index in [2.05, 4.69) is 107 Å². The van der Waals surface area contributed by atoms with Crippen molar-refractivity contribution in [2.24, 2.45) is 0 Å². The molecule has 0 unspecified atom stereocenters. The van der Waals surface area contributed by atoms with Crippen LogP contribution in [0.25, 0.3) is 0 Å². The van der Waals surface area contributed by atoms with Crippen molar-refractivity contribution >= 4 is 80.3 Å². The minimum Gasteiger partial charge on any atom is -0.458 e. The summed E-state index contributed by atoms with van der Waals surface area (Å²) in [5.74, 6) is 9.14. The highest BCUT2D eigenvalue weighted by atomic mass is 16.5. The molecule has 0 saturated carbocycles. The molecule has 0 aromatic heterocycles. The molecule has 9 aromatic rings. The Labute approximate surface area is 368 Å². The quantitative estimate of drug-likeness (QED) is 0.160. The zero-order valence-electron chi connectivity index (χ0n) is 33.8. The van der Waals surface area contributed by atoms with Gasteiger partial charge in [-0.2, -0.15) is 0 Å². The predicted molar refractivity (Wildman–Crippen MR) is 251 cm³/mol. The summed E-state index contributed by atoms with van der Waals surface area (Å²) >= 11 is 0. The van der Waals surface area contributed by atoms with Gasteiger partial charge in [0, 0.05) is 41.3 Å². The minimum absolute atomic E-state index is 0.165. The lowest BCUT2D eigenvalue weighted by atomic mass is 9.31. The smallest absolute Gasteiger partial charge is 0.260 e. The highest BCUT2D eigenvalue weighted by Crippen LogP contribution is 2.54. The molecule has 6 aliphatic rings. The van der Waals surface area contributed by atoms with Crippen LogP contribution in [0.5, 0.6) is 69.0 Å². The molecule has 0 radical (unpaired) electrons. The van der Waals surface area contributed by atoms with Crippen molar-refractivity contribution in [3.63, 3.8) is 0 Å². The standard InChI is InChI=1S/C54H30B2N2O6/c1-7-19-41-33(13-1)55-35-29-36-48(30-47(35)63-51-27-31(25-49(59-41)53(51)55)57-37-15-3-9-21-43(37)61-44-22-10-4-16-38(44)57)64-52-28-32(26-50-54(52)56(36)34-14-2-8-20-42(34)60-50)58-39-17-5-11-23-45(39)62-46-24-12-6-18-40(46)58/h1-30H. The maximum absolute atomic E-state index is 7.11. The molecule has 10 heteroatoms. The molecule has 6 heterocycles. The molecule has 15 rings (SSSR count). The van der Waals surface area contributed by atoms with Gasteiger partial charge < -0.3 is 38.2 Å². The lowest BCUT2D eigenvalue weighted by Gasteiger charge is -2.38. The van der Waals surface area contributed by atoms with Gasteiger partial charge in [-0.15, -0.1) is 0 Å². The molecule has 8 nitrogen and oxygen atoms in total. The van der Waals surface area contributed by atoms with Crippen LogP contribution < -0.4 is 71.0 Å². The van der Waals surface area contributed by atoms with E-state index in [0.717, 1.165) is 136 Å². The van der Waals surface area contributed by atoms with Gasteiger partial charge in [-0.25, -0.2) is 0 Å². The number of nitrogens with zero attached hydrogens (tertiary/aromatic N) is 2. The van der Waals surface area contributed by atoms with E-state index in [1.165, 1.54) is 0 Å². The van der Waals surface area contributed by atoms with Crippen LogP contribution in [-0.4, -0.2) is 13.4 Å². The molecule has 0 atom stereocenters. The lowest BCUT2D eigenvalue weighted by Crippen LogP contribution is -2.61. The molecule has 0 fully saturated rings. The maximum Gasteiger partial charge on any atom is 0.260 e. The summed E-state index contributed by atoms with van der Waals surface area (Å²) in [6.07, 6.45) is 0. The van der Waals surface area contributed by atoms with Gasteiger partial charge in [0.25, 0.3) is 13.4 Å². The molecule has 6 aliphatic heterocycles. The van der Waals surface area contributed by atoms with Crippen LogP contribution in [0, 0.1) is 0 Å². The molecular formula is C54H30B2N2O6. The van der Waals surface area contributed by atoms with Gasteiger partial charge in [-0.3, -0.25) is 0 Å². The summed E-state index contributed by atoms with van der Waals surface area (Å²) in [6, 6.07) is 62.0. The van der Waals surface area contributed by atoms with E-state index in [0.29, 0.717) is 0 Å². The van der Waals surface area contributed by atoms with Gasteiger partial charge in [0.1, 0.15) is 46.0 Å². The van der Waals surface area contributed by atoms with Crippen molar-refractivity contribution in [3.05, 3.63) is 182 Å². The third kappa shape index (κ3) is 4.68. The van der Waals surface area contributed by atoms with E-state index in [4.69, 9.17) is 28.4 Å². The molecule has 0 bridgehead atoms. The molecule has 298 valence electrons. The normalized spacial score (nSPS) is 14.2. The number of hydrogen-bond donors (Lipinski definition) is 0. The second kappa shape index (κ2) is 12.6. The van der Waals surface area contributed by atoms with Crippen molar-refractivity contribution in [3.8, 4) is 69.0 Å². The van der Waals surface area contributed by atoms with Crippen LogP contribution in [0.15, 0.2) is 182 Å². The number of anilines is 6. The van der Waals surface area contributed by atoms with E-state index in [-0.39, 0.29) is 13.4 Å². The van der Waals surface area contributed by atoms with Gasteiger partial charge >= 0.3 is 0 Å². The summed E-state index contributed by atoms with van der Waals surface area (Å²) in [6.45, 7) is -0.329. The van der Waals surface area contributed by atoms with Gasteiger partial charge in [0.2, 0.25) is 0 Å². The summed E-state index contributed by atoms with van der Waals surface area (Å²) in [5, 5.41) is 0. The zero-order valence-corrected chi connectivity index (χ0v) is 33.8. The molecule has 0 aliphatic carbocycles. The van der Waals surface area contributed by atoms with Crippen molar-refractivity contribution in [2.45, 2.75) is 0 Å². The van der Waals surface area contributed by atoms with E-state index >= 15 is 0 Å². The first-order chi connectivity index (χ1) is 31.7. The molecule has 9 aromatic carbocycles. The van der Waals surface area contributed by atoms with Crippen LogP contribution in [0.3, 0.4) is 0 Å². The molecule has 64 heavy (non-hydrogen) atoms. The summed E-state index contributed by atoms with van der Waals surface area (Å²) < 4.78 is 40.7. The van der Waals surface area contributed by atoms with E-state index in [1.807, 2.05) is 84.9 Å². The van der Waals surface area contributed by atoms with E-state index in [9.17, 15) is 0 Å². The first-order valence-electron chi connectivity index (χ1n) is 21.5. The molecular weight excluding hydrogens is 794 g/mol. The fourth-order valence-corrected chi connectivity index (χ4v) is 10.6. The van der Waals surface area contributed by atoms with Crippen molar-refractivity contribution in [2.75, 3.05) is 9.80 Å². The summed E-state index contributed by atoms with van der Waals surface area (Å²) in [5.41, 5.74) is 11.7. The zero-order chi connectivity index (χ0) is 41.6. The molecule has 0 spiro atoms. The SMILES string of the molecule is c1ccc2c(c1)Oc1cc(N3c4ccccc4Oc4ccccc43)cc3c1B2c1cc2c(cc1O3)Oc1cc(N3c4ccccc4Oc4ccccc43)cc3c1B2c1ccccc1O3. The number of rotatable bonds is 2. The van der Waals surface area contributed by atoms with Crippen LogP contribution in [-0.2, 0) is 0 Å². The first kappa shape index (κ1) is 34.1. The number of benzene rings is 9. The van der Waals surface area contributed by atoms with Gasteiger partial charge in [0.05, 0.1) is 34.1 Å². The van der Waals surface area contributed by atoms with Gasteiger partial charge in [-0.05, 0) is 82.5 Å². The Bertz CT molecular complexity index is 3220. The van der Waals surface area contributed by atoms with Crippen LogP contribution in [0.2, 0.25) is 0 Å². The second-order valence-electron chi connectivity index (χ2n) is 16.7. The Hall–Kier alpha value is -8.49. The van der Waals surface area contributed by atoms with Crippen LogP contribution >= 0.6 is 0 Å². The predicted octanol–water partition coefficient (Wildman–Crippen LogP) is 10.3. The van der Waals surface area contributed by atoms with Crippen LogP contribution in [0.4, 0.5) is 34.1 Å². The first-order valence-corrected chi connectivity index (χ1v) is 21.5. The minimum atomic E-state index is -0.165. The highest BCUT2D eigenvalue weighted by Gasteiger charge is 2.46. The summed E-state index contributed by atoms with van der Waals surface area (Å²) in [4.78, 5) is 4.44. The van der Waals surface area contributed by atoms with Gasteiger partial charge in [-0.1, -0.05) is 91.0 Å².